The Balaban J connectivity index is 0.877. The van der Waals surface area contributed by atoms with Gasteiger partial charge in [-0.15, -0.1) is 0 Å². The molecule has 0 saturated carbocycles. The number of halogens is 2. The van der Waals surface area contributed by atoms with Gasteiger partial charge in [-0.25, -0.2) is 9.18 Å². The molecule has 3 fully saturated rings. The summed E-state index contributed by atoms with van der Waals surface area (Å²) < 4.78 is 42.2. The number of esters is 1. The van der Waals surface area contributed by atoms with E-state index in [1.807, 2.05) is 55.9 Å². The van der Waals surface area contributed by atoms with E-state index in [2.05, 4.69) is 19.7 Å². The molecule has 4 amide bonds. The standard InChI is InChI=1S/C55H60ClFN8O9/c1-34-49(35(2)60(3)59-34)50-43(56)15-14-40-39(9-6-27-72-45-10-4-7-36-31-37(57)12-13-38(36)45)52(55(70)73-30-26-62-24-28-71-29-25-62)64(51(40)50)23-20-61-18-21-63(22-19-61)48(67)33-74-46-11-5-8-41-42(46)32-65(54(41)69)44-16-17-47(66)58-53(44)68/h4-5,7-8,10-15,31,44H,6,9,16-30,32-33H2,1-3H3,(H,58,66,68). The number of rotatable bonds is 17. The average Bonchev–Trinajstić information content (AvgIpc) is 4.00. The predicted molar refractivity (Wildman–Crippen MR) is 275 cm³/mol. The molecular formula is C55H60ClFN8O9. The summed E-state index contributed by atoms with van der Waals surface area (Å²) in [6, 6.07) is 18.4. The fourth-order valence-corrected chi connectivity index (χ4v) is 11.2. The molecule has 6 aromatic rings. The highest BCUT2D eigenvalue weighted by molar-refractivity contribution is 6.35. The summed E-state index contributed by atoms with van der Waals surface area (Å²) in [6.45, 7) is 10.7. The fourth-order valence-electron chi connectivity index (χ4n) is 10.9. The number of piperidine rings is 1. The van der Waals surface area contributed by atoms with Gasteiger partial charge >= 0.3 is 5.97 Å². The van der Waals surface area contributed by atoms with E-state index >= 15 is 0 Å². The monoisotopic (exact) mass is 1030 g/mol. The zero-order valence-electron chi connectivity index (χ0n) is 41.9. The first-order chi connectivity index (χ1) is 35.8. The molecule has 0 bridgehead atoms. The van der Waals surface area contributed by atoms with E-state index in [0.717, 1.165) is 62.8 Å². The Morgan fingerprint density at radius 2 is 1.61 bits per heavy atom. The molecule has 3 saturated heterocycles. The van der Waals surface area contributed by atoms with Crippen molar-refractivity contribution >= 4 is 62.9 Å². The zero-order chi connectivity index (χ0) is 51.6. The number of hydrogen-bond acceptors (Lipinski definition) is 12. The number of piperazine rings is 1. The molecule has 1 N–H and O–H groups in total. The molecule has 388 valence electrons. The lowest BCUT2D eigenvalue weighted by Crippen LogP contribution is -2.52. The molecule has 19 heteroatoms. The molecule has 4 aliphatic heterocycles. The average molecular weight is 1030 g/mol. The number of fused-ring (bicyclic) bond motifs is 3. The van der Waals surface area contributed by atoms with E-state index < -0.39 is 17.9 Å². The molecule has 10 rings (SSSR count). The van der Waals surface area contributed by atoms with Crippen molar-refractivity contribution in [3.63, 3.8) is 0 Å². The van der Waals surface area contributed by atoms with Gasteiger partial charge in [0.25, 0.3) is 11.8 Å². The second-order valence-electron chi connectivity index (χ2n) is 19.3. The van der Waals surface area contributed by atoms with Crippen LogP contribution in [0.1, 0.15) is 62.6 Å². The van der Waals surface area contributed by atoms with Crippen molar-refractivity contribution in [2.24, 2.45) is 7.05 Å². The number of carbonyl (C=O) groups is 5. The van der Waals surface area contributed by atoms with E-state index in [1.165, 1.54) is 17.0 Å². The van der Waals surface area contributed by atoms with Crippen LogP contribution in [0.5, 0.6) is 11.5 Å². The van der Waals surface area contributed by atoms with Gasteiger partial charge in [-0.05, 0) is 86.5 Å². The third-order valence-electron chi connectivity index (χ3n) is 14.9. The summed E-state index contributed by atoms with van der Waals surface area (Å²) in [5.74, 6) is -1.07. The van der Waals surface area contributed by atoms with Crippen molar-refractivity contribution in [3.05, 3.63) is 111 Å². The summed E-state index contributed by atoms with van der Waals surface area (Å²) in [7, 11) is 1.90. The molecule has 74 heavy (non-hydrogen) atoms. The van der Waals surface area contributed by atoms with Crippen LogP contribution in [0.15, 0.2) is 66.7 Å². The second-order valence-corrected chi connectivity index (χ2v) is 19.7. The normalized spacial score (nSPS) is 17.6. The number of amides is 4. The van der Waals surface area contributed by atoms with Crippen LogP contribution in [0.4, 0.5) is 4.39 Å². The maximum absolute atomic E-state index is 14.8. The molecule has 2 aromatic heterocycles. The molecule has 0 radical (unpaired) electrons. The number of aromatic nitrogens is 3. The number of carbonyl (C=O) groups excluding carboxylic acids is 5. The minimum absolute atomic E-state index is 0.134. The van der Waals surface area contributed by atoms with Crippen molar-refractivity contribution in [2.45, 2.75) is 58.7 Å². The summed E-state index contributed by atoms with van der Waals surface area (Å²) in [6.07, 6.45) is 1.42. The van der Waals surface area contributed by atoms with Crippen molar-refractivity contribution in [1.29, 1.82) is 0 Å². The first-order valence-electron chi connectivity index (χ1n) is 25.4. The van der Waals surface area contributed by atoms with Gasteiger partial charge in [-0.2, -0.15) is 5.10 Å². The molecule has 4 aliphatic rings. The van der Waals surface area contributed by atoms with E-state index in [1.54, 1.807) is 29.2 Å². The Morgan fingerprint density at radius 1 is 0.851 bits per heavy atom. The van der Waals surface area contributed by atoms with Gasteiger partial charge in [-0.3, -0.25) is 39.0 Å². The predicted octanol–water partition coefficient (Wildman–Crippen LogP) is 6.09. The Morgan fingerprint density at radius 3 is 2.38 bits per heavy atom. The largest absolute Gasteiger partial charge is 0.493 e. The smallest absolute Gasteiger partial charge is 0.355 e. The number of nitrogens with zero attached hydrogens (tertiary/aromatic N) is 7. The van der Waals surface area contributed by atoms with Gasteiger partial charge in [0.15, 0.2) is 6.61 Å². The summed E-state index contributed by atoms with van der Waals surface area (Å²) >= 11 is 7.24. The maximum atomic E-state index is 14.8. The molecular weight excluding hydrogens is 971 g/mol. The van der Waals surface area contributed by atoms with Gasteiger partial charge in [0.2, 0.25) is 11.8 Å². The van der Waals surface area contributed by atoms with Crippen molar-refractivity contribution < 1.29 is 47.3 Å². The molecule has 1 unspecified atom stereocenters. The summed E-state index contributed by atoms with van der Waals surface area (Å²) in [5.41, 5.74) is 6.50. The van der Waals surface area contributed by atoms with E-state index in [4.69, 9.17) is 35.6 Å². The van der Waals surface area contributed by atoms with Crippen LogP contribution in [0.2, 0.25) is 5.02 Å². The van der Waals surface area contributed by atoms with E-state index in [-0.39, 0.29) is 56.1 Å². The van der Waals surface area contributed by atoms with Gasteiger partial charge in [0, 0.05) is 111 Å². The van der Waals surface area contributed by atoms with Crippen LogP contribution >= 0.6 is 11.6 Å². The quantitative estimate of drug-likeness (QED) is 0.0635. The van der Waals surface area contributed by atoms with E-state index in [9.17, 15) is 28.4 Å². The van der Waals surface area contributed by atoms with Gasteiger partial charge in [0.1, 0.15) is 35.7 Å². The second kappa shape index (κ2) is 21.9. The maximum Gasteiger partial charge on any atom is 0.355 e. The van der Waals surface area contributed by atoms with Crippen molar-refractivity contribution in [2.75, 3.05) is 85.4 Å². The van der Waals surface area contributed by atoms with Gasteiger partial charge < -0.3 is 33.3 Å². The minimum atomic E-state index is -0.764. The van der Waals surface area contributed by atoms with Crippen LogP contribution in [0, 0.1) is 19.7 Å². The van der Waals surface area contributed by atoms with Crippen molar-refractivity contribution in [1.82, 2.24) is 39.3 Å². The summed E-state index contributed by atoms with van der Waals surface area (Å²) in [5, 5.41) is 10.0. The first-order valence-corrected chi connectivity index (χ1v) is 25.7. The molecule has 4 aromatic carbocycles. The van der Waals surface area contributed by atoms with E-state index in [0.29, 0.717) is 112 Å². The van der Waals surface area contributed by atoms with Crippen LogP contribution in [-0.2, 0) is 50.4 Å². The number of hydrogen-bond donors (Lipinski definition) is 1. The Labute approximate surface area is 433 Å². The third-order valence-corrected chi connectivity index (χ3v) is 15.2. The summed E-state index contributed by atoms with van der Waals surface area (Å²) in [4.78, 5) is 74.0. The Hall–Kier alpha value is -6.86. The lowest BCUT2D eigenvalue weighted by atomic mass is 9.98. The number of aryl methyl sites for hydroxylation is 3. The minimum Gasteiger partial charge on any atom is -0.493 e. The molecule has 17 nitrogen and oxygen atoms in total. The van der Waals surface area contributed by atoms with Crippen LogP contribution in [-0.4, -0.2) is 155 Å². The molecule has 0 aliphatic carbocycles. The topological polar surface area (TPSA) is 170 Å². The van der Waals surface area contributed by atoms with Crippen molar-refractivity contribution in [3.8, 4) is 22.6 Å². The third kappa shape index (κ3) is 10.3. The number of benzene rings is 4. The molecule has 6 heterocycles. The molecule has 0 spiro atoms. The zero-order valence-corrected chi connectivity index (χ0v) is 42.7. The lowest BCUT2D eigenvalue weighted by molar-refractivity contribution is -0.137. The highest BCUT2D eigenvalue weighted by atomic mass is 35.5. The Kier molecular flexibility index (Phi) is 15.0. The number of imide groups is 1. The highest BCUT2D eigenvalue weighted by Gasteiger charge is 2.40. The number of morpholine rings is 1. The number of ether oxygens (including phenoxy) is 4. The Bertz CT molecular complexity index is 3160. The van der Waals surface area contributed by atoms with Gasteiger partial charge in [0.05, 0.1) is 42.6 Å². The van der Waals surface area contributed by atoms with Gasteiger partial charge in [-0.1, -0.05) is 35.9 Å². The molecule has 1 atom stereocenters. The van der Waals surface area contributed by atoms with Crippen LogP contribution in [0.3, 0.4) is 0 Å². The SMILES string of the molecule is Cc1nn(C)c(C)c1-c1c(Cl)ccc2c(CCCOc3cccc4cc(F)ccc34)c(C(=O)OCCN3CCOCC3)n(CCN3CCN(C(=O)COc4cccc5c4CN(C4CCC(=O)NC4=O)C5=O)CC3)c12. The highest BCUT2D eigenvalue weighted by Crippen LogP contribution is 2.43. The number of nitrogens with one attached hydrogen (secondary N) is 1. The fraction of sp³-hybridized carbons (Fsp3) is 0.418. The lowest BCUT2D eigenvalue weighted by Gasteiger charge is -2.35. The van der Waals surface area contributed by atoms with Crippen LogP contribution in [0.25, 0.3) is 32.8 Å². The van der Waals surface area contributed by atoms with Crippen LogP contribution < -0.4 is 14.8 Å². The first kappa shape index (κ1) is 50.7.